The van der Waals surface area contributed by atoms with E-state index in [9.17, 15) is 4.79 Å². The lowest BCUT2D eigenvalue weighted by molar-refractivity contribution is 0.105. The highest BCUT2D eigenvalue weighted by Crippen LogP contribution is 2.30. The topological polar surface area (TPSA) is 92.2 Å². The van der Waals surface area contributed by atoms with Gasteiger partial charge in [0.25, 0.3) is 0 Å². The summed E-state index contributed by atoms with van der Waals surface area (Å²) >= 11 is 0. The summed E-state index contributed by atoms with van der Waals surface area (Å²) in [5.74, 6) is 0. The predicted octanol–water partition coefficient (Wildman–Crippen LogP) is 1.64. The first kappa shape index (κ1) is 16.4. The van der Waals surface area contributed by atoms with Crippen LogP contribution in [0.5, 0.6) is 0 Å². The van der Waals surface area contributed by atoms with Gasteiger partial charge in [-0.15, -0.1) is 5.10 Å². The first-order valence-corrected chi connectivity index (χ1v) is 8.67. The number of anilines is 1. The van der Waals surface area contributed by atoms with Crippen LogP contribution in [0.1, 0.15) is 6.92 Å². The highest BCUT2D eigenvalue weighted by Gasteiger charge is 2.23. The molecule has 1 N–H and O–H groups in total. The van der Waals surface area contributed by atoms with Crippen LogP contribution in [0.25, 0.3) is 22.4 Å². The van der Waals surface area contributed by atoms with Gasteiger partial charge in [-0.3, -0.25) is 4.68 Å². The highest BCUT2D eigenvalue weighted by atomic mass is 16.6. The lowest BCUT2D eigenvalue weighted by Gasteiger charge is -2.35. The Morgan fingerprint density at radius 2 is 2.12 bits per heavy atom. The molecule has 0 spiro atoms. The van der Waals surface area contributed by atoms with Crippen molar-refractivity contribution in [3.05, 3.63) is 24.5 Å². The van der Waals surface area contributed by atoms with Gasteiger partial charge in [-0.2, -0.15) is 0 Å². The molecule has 9 heteroatoms. The van der Waals surface area contributed by atoms with Gasteiger partial charge in [0.1, 0.15) is 11.3 Å². The lowest BCUT2D eigenvalue weighted by Crippen LogP contribution is -2.49. The smallest absolute Gasteiger partial charge is 0.409 e. The largest absolute Gasteiger partial charge is 0.450 e. The number of fused-ring (bicyclic) bond motifs is 1. The van der Waals surface area contributed by atoms with Gasteiger partial charge in [0.15, 0.2) is 0 Å². The molecule has 4 rings (SSSR count). The van der Waals surface area contributed by atoms with Crippen LogP contribution in [0.3, 0.4) is 0 Å². The van der Waals surface area contributed by atoms with Crippen LogP contribution < -0.4 is 4.90 Å². The number of aryl methyl sites for hydroxylation is 1. The van der Waals surface area contributed by atoms with E-state index in [-0.39, 0.29) is 6.09 Å². The van der Waals surface area contributed by atoms with Crippen LogP contribution in [-0.2, 0) is 11.8 Å². The van der Waals surface area contributed by atoms with Gasteiger partial charge in [0.05, 0.1) is 18.5 Å². The number of aromatic amines is 1. The van der Waals surface area contributed by atoms with E-state index in [4.69, 9.17) is 4.74 Å². The third-order valence-electron chi connectivity index (χ3n) is 4.53. The van der Waals surface area contributed by atoms with Crippen molar-refractivity contribution in [3.8, 4) is 11.4 Å². The second kappa shape index (κ2) is 6.66. The molecule has 1 aliphatic rings. The average molecular weight is 355 g/mol. The molecule has 4 heterocycles. The molecule has 0 bridgehead atoms. The van der Waals surface area contributed by atoms with Crippen molar-refractivity contribution in [1.82, 2.24) is 29.9 Å². The molecule has 3 aromatic heterocycles. The molecule has 0 saturated carbocycles. The normalized spacial score (nSPS) is 14.8. The first-order chi connectivity index (χ1) is 12.7. The number of ether oxygens (including phenoxy) is 1. The number of hydrogen-bond donors (Lipinski definition) is 1. The fourth-order valence-electron chi connectivity index (χ4n) is 3.24. The molecule has 0 radical (unpaired) electrons. The van der Waals surface area contributed by atoms with Gasteiger partial charge in [-0.05, 0) is 19.1 Å². The third-order valence-corrected chi connectivity index (χ3v) is 4.53. The summed E-state index contributed by atoms with van der Waals surface area (Å²) in [6, 6.07) is 4.07. The third kappa shape index (κ3) is 2.96. The molecule has 1 aliphatic heterocycles. The van der Waals surface area contributed by atoms with Gasteiger partial charge in [-0.25, -0.2) is 9.78 Å². The van der Waals surface area contributed by atoms with Crippen LogP contribution in [-0.4, -0.2) is 68.7 Å². The molecule has 136 valence electrons. The maximum absolute atomic E-state index is 11.9. The van der Waals surface area contributed by atoms with E-state index >= 15 is 0 Å². The van der Waals surface area contributed by atoms with Crippen molar-refractivity contribution in [2.24, 2.45) is 7.05 Å². The fraction of sp³-hybridized carbons (Fsp3) is 0.412. The fourth-order valence-corrected chi connectivity index (χ4v) is 3.24. The number of rotatable bonds is 3. The Kier molecular flexibility index (Phi) is 4.19. The van der Waals surface area contributed by atoms with Crippen molar-refractivity contribution >= 4 is 22.8 Å². The highest BCUT2D eigenvalue weighted by molar-refractivity contribution is 5.93. The molecule has 9 nitrogen and oxygen atoms in total. The predicted molar refractivity (Wildman–Crippen MR) is 96.9 cm³/mol. The monoisotopic (exact) mass is 355 g/mol. The number of H-pyrrole nitrogens is 1. The van der Waals surface area contributed by atoms with Crippen molar-refractivity contribution in [2.45, 2.75) is 6.92 Å². The zero-order chi connectivity index (χ0) is 18.1. The summed E-state index contributed by atoms with van der Waals surface area (Å²) in [6.45, 7) is 5.02. The number of nitrogens with zero attached hydrogens (tertiary/aromatic N) is 6. The summed E-state index contributed by atoms with van der Waals surface area (Å²) in [7, 11) is 1.84. The minimum atomic E-state index is -0.237. The molecular formula is C17H21N7O2. The molecular weight excluding hydrogens is 334 g/mol. The Morgan fingerprint density at radius 3 is 2.81 bits per heavy atom. The maximum Gasteiger partial charge on any atom is 0.409 e. The van der Waals surface area contributed by atoms with Crippen LogP contribution in [0.2, 0.25) is 0 Å². The molecule has 1 saturated heterocycles. The molecule has 0 aromatic carbocycles. The van der Waals surface area contributed by atoms with Gasteiger partial charge in [-0.1, -0.05) is 5.21 Å². The number of piperazine rings is 1. The van der Waals surface area contributed by atoms with Gasteiger partial charge in [0, 0.05) is 50.5 Å². The van der Waals surface area contributed by atoms with Crippen molar-refractivity contribution in [2.75, 3.05) is 37.7 Å². The molecule has 0 unspecified atom stereocenters. The standard InChI is InChI=1S/C17H21N7O2/c1-3-26-17(25)24-8-6-23(7-9-24)15-4-5-18-16-12(15)10-13(19-16)14-11-22(2)21-20-14/h4-5,10-11H,3,6-9H2,1-2H3,(H,18,19). The summed E-state index contributed by atoms with van der Waals surface area (Å²) in [5, 5.41) is 9.17. The Balaban J connectivity index is 1.57. The van der Waals surface area contributed by atoms with E-state index in [0.29, 0.717) is 19.7 Å². The van der Waals surface area contributed by atoms with Gasteiger partial charge in [0.2, 0.25) is 0 Å². The van der Waals surface area contributed by atoms with Crippen LogP contribution in [0, 0.1) is 0 Å². The molecule has 26 heavy (non-hydrogen) atoms. The Hall–Kier alpha value is -3.10. The van der Waals surface area contributed by atoms with Crippen molar-refractivity contribution in [3.63, 3.8) is 0 Å². The van der Waals surface area contributed by atoms with E-state index in [2.05, 4.69) is 31.2 Å². The number of amides is 1. The van der Waals surface area contributed by atoms with E-state index < -0.39 is 0 Å². The number of carbonyl (C=O) groups is 1. The summed E-state index contributed by atoms with van der Waals surface area (Å²) < 4.78 is 6.76. The van der Waals surface area contributed by atoms with Crippen LogP contribution >= 0.6 is 0 Å². The molecule has 0 atom stereocenters. The second-order valence-corrected chi connectivity index (χ2v) is 6.23. The summed E-state index contributed by atoms with van der Waals surface area (Å²) in [4.78, 5) is 23.6. The van der Waals surface area contributed by atoms with E-state index in [0.717, 1.165) is 41.2 Å². The lowest BCUT2D eigenvalue weighted by atomic mass is 10.2. The maximum atomic E-state index is 11.9. The zero-order valence-corrected chi connectivity index (χ0v) is 14.8. The first-order valence-electron chi connectivity index (χ1n) is 8.67. The number of nitrogens with one attached hydrogen (secondary N) is 1. The van der Waals surface area contributed by atoms with E-state index in [1.807, 2.05) is 26.2 Å². The summed E-state index contributed by atoms with van der Waals surface area (Å²) in [6.07, 6.45) is 3.42. The number of hydrogen-bond acceptors (Lipinski definition) is 6. The zero-order valence-electron chi connectivity index (χ0n) is 14.8. The SMILES string of the molecule is CCOC(=O)N1CCN(c2ccnc3[nH]c(-c4cn(C)nn4)cc23)CC1. The Bertz CT molecular complexity index is 924. The summed E-state index contributed by atoms with van der Waals surface area (Å²) in [5.41, 5.74) is 3.59. The number of pyridine rings is 1. The van der Waals surface area contributed by atoms with Crippen LogP contribution in [0.15, 0.2) is 24.5 Å². The van der Waals surface area contributed by atoms with E-state index in [1.54, 1.807) is 15.8 Å². The second-order valence-electron chi connectivity index (χ2n) is 6.23. The number of aromatic nitrogens is 5. The molecule has 1 amide bonds. The number of carbonyl (C=O) groups excluding carboxylic acids is 1. The Labute approximate surface area is 150 Å². The van der Waals surface area contributed by atoms with Gasteiger partial charge < -0.3 is 19.5 Å². The van der Waals surface area contributed by atoms with Crippen LogP contribution in [0.4, 0.5) is 10.5 Å². The molecule has 1 fully saturated rings. The average Bonchev–Trinajstić information content (AvgIpc) is 3.27. The van der Waals surface area contributed by atoms with Crippen molar-refractivity contribution in [1.29, 1.82) is 0 Å². The van der Waals surface area contributed by atoms with Gasteiger partial charge >= 0.3 is 6.09 Å². The quantitative estimate of drug-likeness (QED) is 0.768. The minimum absolute atomic E-state index is 0.237. The minimum Gasteiger partial charge on any atom is -0.450 e. The molecule has 3 aromatic rings. The van der Waals surface area contributed by atoms with E-state index in [1.165, 1.54) is 0 Å². The van der Waals surface area contributed by atoms with Crippen molar-refractivity contribution < 1.29 is 9.53 Å². The molecule has 0 aliphatic carbocycles. The Morgan fingerprint density at radius 1 is 1.31 bits per heavy atom.